The van der Waals surface area contributed by atoms with Gasteiger partial charge >= 0.3 is 0 Å². The van der Waals surface area contributed by atoms with Crippen molar-refractivity contribution in [2.75, 3.05) is 27.2 Å². The minimum Gasteiger partial charge on any atom is -0.350 e. The predicted molar refractivity (Wildman–Crippen MR) is 107 cm³/mol. The third-order valence-corrected chi connectivity index (χ3v) is 5.45. The van der Waals surface area contributed by atoms with E-state index in [9.17, 15) is 4.79 Å². The van der Waals surface area contributed by atoms with Gasteiger partial charge in [-0.1, -0.05) is 41.9 Å². The molecule has 1 saturated heterocycles. The summed E-state index contributed by atoms with van der Waals surface area (Å²) in [5, 5.41) is 1.65. The number of carbonyl (C=O) groups is 1. The largest absolute Gasteiger partial charge is 0.350 e. The first-order chi connectivity index (χ1) is 12.5. The minimum absolute atomic E-state index is 0.0560. The average Bonchev–Trinajstić information content (AvgIpc) is 3.27. The van der Waals surface area contributed by atoms with E-state index in [-0.39, 0.29) is 5.91 Å². The number of nitrogens with zero attached hydrogens (tertiary/aromatic N) is 2. The van der Waals surface area contributed by atoms with Crippen LogP contribution in [0.25, 0.3) is 22.0 Å². The topological polar surface area (TPSA) is 39.3 Å². The maximum absolute atomic E-state index is 13.3. The fraction of sp³-hybridized carbons (Fsp3) is 0.286. The Hall–Kier alpha value is -2.30. The summed E-state index contributed by atoms with van der Waals surface area (Å²) >= 11 is 6.23. The molecule has 4 nitrogen and oxygen atoms in total. The van der Waals surface area contributed by atoms with E-state index in [1.165, 1.54) is 0 Å². The van der Waals surface area contributed by atoms with Crippen molar-refractivity contribution in [3.05, 3.63) is 59.2 Å². The average molecular weight is 368 g/mol. The van der Waals surface area contributed by atoms with Crippen molar-refractivity contribution in [1.82, 2.24) is 14.8 Å². The number of nitrogens with one attached hydrogen (secondary N) is 1. The molecule has 0 bridgehead atoms. The number of carbonyl (C=O) groups excluding carboxylic acids is 1. The van der Waals surface area contributed by atoms with Gasteiger partial charge in [0, 0.05) is 40.6 Å². The second-order valence-corrected chi connectivity index (χ2v) is 7.52. The summed E-state index contributed by atoms with van der Waals surface area (Å²) in [5.41, 5.74) is 3.53. The van der Waals surface area contributed by atoms with Gasteiger partial charge in [0.25, 0.3) is 5.91 Å². The lowest BCUT2D eigenvalue weighted by atomic mass is 10.0. The van der Waals surface area contributed by atoms with Gasteiger partial charge in [-0.05, 0) is 44.3 Å². The zero-order chi connectivity index (χ0) is 18.3. The smallest absolute Gasteiger partial charge is 0.271 e. The first-order valence-electron chi connectivity index (χ1n) is 8.87. The molecule has 1 amide bonds. The minimum atomic E-state index is 0.0560. The zero-order valence-corrected chi connectivity index (χ0v) is 15.8. The Bertz CT molecular complexity index is 949. The van der Waals surface area contributed by atoms with E-state index in [0.717, 1.165) is 41.5 Å². The number of H-pyrrole nitrogens is 1. The highest BCUT2D eigenvalue weighted by atomic mass is 35.5. The molecule has 2 heterocycles. The van der Waals surface area contributed by atoms with Crippen molar-refractivity contribution >= 4 is 28.4 Å². The predicted octanol–water partition coefficient (Wildman–Crippen LogP) is 4.26. The number of halogens is 1. The lowest BCUT2D eigenvalue weighted by Gasteiger charge is -2.20. The zero-order valence-electron chi connectivity index (χ0n) is 15.0. The van der Waals surface area contributed by atoms with Gasteiger partial charge in [0.1, 0.15) is 5.69 Å². The number of hydrogen-bond donors (Lipinski definition) is 1. The maximum atomic E-state index is 13.3. The molecule has 0 spiro atoms. The highest BCUT2D eigenvalue weighted by Gasteiger charge is 2.30. The van der Waals surface area contributed by atoms with E-state index in [2.05, 4.69) is 24.0 Å². The molecule has 4 rings (SSSR count). The number of fused-ring (bicyclic) bond motifs is 1. The summed E-state index contributed by atoms with van der Waals surface area (Å²) in [6.07, 6.45) is 1.01. The summed E-state index contributed by atoms with van der Waals surface area (Å²) in [5.74, 6) is 0.0560. The molecule has 1 fully saturated rings. The monoisotopic (exact) mass is 367 g/mol. The molecular formula is C21H22ClN3O. The molecule has 2 aromatic carbocycles. The van der Waals surface area contributed by atoms with Crippen molar-refractivity contribution < 1.29 is 4.79 Å². The van der Waals surface area contributed by atoms with Crippen LogP contribution in [0.3, 0.4) is 0 Å². The molecule has 0 unspecified atom stereocenters. The van der Waals surface area contributed by atoms with Crippen molar-refractivity contribution in [3.8, 4) is 11.1 Å². The van der Waals surface area contributed by atoms with Gasteiger partial charge in [-0.15, -0.1) is 0 Å². The van der Waals surface area contributed by atoms with Crippen LogP contribution in [0.4, 0.5) is 0 Å². The van der Waals surface area contributed by atoms with Gasteiger partial charge in [-0.2, -0.15) is 0 Å². The fourth-order valence-electron chi connectivity index (χ4n) is 3.74. The summed E-state index contributed by atoms with van der Waals surface area (Å²) in [6.45, 7) is 1.54. The molecule has 1 atom stereocenters. The number of hydrogen-bond acceptors (Lipinski definition) is 2. The number of likely N-dealkylation sites (tertiary alicyclic amines) is 1. The Labute approximate surface area is 158 Å². The molecule has 0 saturated carbocycles. The molecule has 1 aromatic heterocycles. The van der Waals surface area contributed by atoms with Crippen molar-refractivity contribution in [3.63, 3.8) is 0 Å². The highest BCUT2D eigenvalue weighted by molar-refractivity contribution is 6.31. The van der Waals surface area contributed by atoms with Crippen LogP contribution >= 0.6 is 11.6 Å². The summed E-state index contributed by atoms with van der Waals surface area (Å²) in [7, 11) is 4.14. The van der Waals surface area contributed by atoms with Gasteiger partial charge in [-0.3, -0.25) is 4.79 Å². The van der Waals surface area contributed by atoms with Gasteiger partial charge in [-0.25, -0.2) is 0 Å². The van der Waals surface area contributed by atoms with E-state index >= 15 is 0 Å². The second-order valence-electron chi connectivity index (χ2n) is 7.09. The molecule has 1 N–H and O–H groups in total. The molecule has 5 heteroatoms. The number of aromatic nitrogens is 1. The first kappa shape index (κ1) is 17.1. The Morgan fingerprint density at radius 2 is 1.96 bits per heavy atom. The Morgan fingerprint density at radius 3 is 2.65 bits per heavy atom. The van der Waals surface area contributed by atoms with Gasteiger partial charge in [0.15, 0.2) is 0 Å². The van der Waals surface area contributed by atoms with Crippen LogP contribution in [-0.2, 0) is 0 Å². The standard InChI is InChI=1S/C21H22ClN3O/c1-24(2)16-10-11-25(13-16)21(26)20-19(14-6-4-3-5-7-14)17-12-15(22)8-9-18(17)23-20/h3-9,12,16,23H,10-11,13H2,1-2H3/t16-/m0/s1. The molecule has 134 valence electrons. The van der Waals surface area contributed by atoms with Crippen LogP contribution < -0.4 is 0 Å². The Balaban J connectivity index is 1.81. The third-order valence-electron chi connectivity index (χ3n) is 5.22. The normalized spacial score (nSPS) is 17.4. The SMILES string of the molecule is CN(C)[C@H]1CCN(C(=O)c2[nH]c3ccc(Cl)cc3c2-c2ccccc2)C1. The van der Waals surface area contributed by atoms with E-state index in [4.69, 9.17) is 11.6 Å². The van der Waals surface area contributed by atoms with Crippen molar-refractivity contribution in [1.29, 1.82) is 0 Å². The van der Waals surface area contributed by atoms with Crippen LogP contribution in [0.2, 0.25) is 5.02 Å². The van der Waals surface area contributed by atoms with Gasteiger partial charge in [0.2, 0.25) is 0 Å². The lowest BCUT2D eigenvalue weighted by Crippen LogP contribution is -2.34. The third kappa shape index (κ3) is 3.00. The number of likely N-dealkylation sites (N-methyl/N-ethyl adjacent to an activating group) is 1. The lowest BCUT2D eigenvalue weighted by molar-refractivity contribution is 0.0779. The quantitative estimate of drug-likeness (QED) is 0.751. The summed E-state index contributed by atoms with van der Waals surface area (Å²) in [6, 6.07) is 16.2. The highest BCUT2D eigenvalue weighted by Crippen LogP contribution is 2.35. The van der Waals surface area contributed by atoms with Crippen LogP contribution in [-0.4, -0.2) is 53.9 Å². The Kier molecular flexibility index (Phi) is 4.47. The summed E-state index contributed by atoms with van der Waals surface area (Å²) in [4.78, 5) is 20.8. The molecule has 0 aliphatic carbocycles. The molecule has 3 aromatic rings. The van der Waals surface area contributed by atoms with E-state index < -0.39 is 0 Å². The van der Waals surface area contributed by atoms with Crippen LogP contribution in [0.15, 0.2) is 48.5 Å². The fourth-order valence-corrected chi connectivity index (χ4v) is 3.91. The first-order valence-corrected chi connectivity index (χ1v) is 9.24. The van der Waals surface area contributed by atoms with E-state index in [1.54, 1.807) is 0 Å². The molecular weight excluding hydrogens is 346 g/mol. The molecule has 0 radical (unpaired) electrons. The number of amides is 1. The second kappa shape index (κ2) is 6.78. The molecule has 26 heavy (non-hydrogen) atoms. The van der Waals surface area contributed by atoms with Gasteiger partial charge in [0.05, 0.1) is 0 Å². The maximum Gasteiger partial charge on any atom is 0.271 e. The van der Waals surface area contributed by atoms with Crippen molar-refractivity contribution in [2.45, 2.75) is 12.5 Å². The number of benzene rings is 2. The molecule has 1 aliphatic heterocycles. The van der Waals surface area contributed by atoms with E-state index in [0.29, 0.717) is 16.8 Å². The van der Waals surface area contributed by atoms with Crippen LogP contribution in [0.1, 0.15) is 16.9 Å². The van der Waals surface area contributed by atoms with Crippen LogP contribution in [0, 0.1) is 0 Å². The Morgan fingerprint density at radius 1 is 1.19 bits per heavy atom. The van der Waals surface area contributed by atoms with E-state index in [1.807, 2.05) is 53.4 Å². The van der Waals surface area contributed by atoms with Crippen LogP contribution in [0.5, 0.6) is 0 Å². The van der Waals surface area contributed by atoms with Crippen molar-refractivity contribution in [2.24, 2.45) is 0 Å². The number of rotatable bonds is 3. The summed E-state index contributed by atoms with van der Waals surface area (Å²) < 4.78 is 0. The number of aromatic amines is 1. The van der Waals surface area contributed by atoms with Gasteiger partial charge < -0.3 is 14.8 Å². The molecule has 1 aliphatic rings.